The molecular weight excluding hydrogens is 460 g/mol. The lowest BCUT2D eigenvalue weighted by atomic mass is 9.90. The number of fused-ring (bicyclic) bond motifs is 2. The summed E-state index contributed by atoms with van der Waals surface area (Å²) in [6, 6.07) is 1.96. The Bertz CT molecular complexity index is 1180. The van der Waals surface area contributed by atoms with E-state index in [9.17, 15) is 9.59 Å². The lowest BCUT2D eigenvalue weighted by molar-refractivity contribution is -0.124. The zero-order valence-corrected chi connectivity index (χ0v) is 21.0. The molecule has 9 nitrogen and oxygen atoms in total. The van der Waals surface area contributed by atoms with Crippen molar-refractivity contribution in [1.29, 1.82) is 0 Å². The monoisotopic (exact) mass is 494 g/mol. The highest BCUT2D eigenvalue weighted by Crippen LogP contribution is 2.34. The summed E-state index contributed by atoms with van der Waals surface area (Å²) >= 11 is 0. The van der Waals surface area contributed by atoms with E-state index in [0.717, 1.165) is 34.3 Å². The summed E-state index contributed by atoms with van der Waals surface area (Å²) in [6.07, 6.45) is 12.8. The standard InChI is InChI=1S/C27H34N4O5/c1-17(2)27(33)29-9-7-20-16-36-25-5-4-21(12-23(20)25)34-10-11-35-22-13-24-19(6-8-28-18(3)32)14-30-26(24)31-15-22/h4-5,12-17,23,25H,6-11H2,1-3H3,(H,28,32)(H,29,33)(H,30,31). The average Bonchev–Trinajstić information content (AvgIpc) is 3.45. The maximum atomic E-state index is 11.8. The summed E-state index contributed by atoms with van der Waals surface area (Å²) < 4.78 is 17.6. The van der Waals surface area contributed by atoms with Gasteiger partial charge in [-0.15, -0.1) is 0 Å². The van der Waals surface area contributed by atoms with Crippen molar-refractivity contribution in [2.45, 2.75) is 39.7 Å². The summed E-state index contributed by atoms with van der Waals surface area (Å²) in [5.41, 5.74) is 3.01. The normalized spacial score (nSPS) is 18.3. The van der Waals surface area contributed by atoms with Crippen molar-refractivity contribution in [2.24, 2.45) is 11.8 Å². The second kappa shape index (κ2) is 11.8. The third kappa shape index (κ3) is 6.47. The minimum Gasteiger partial charge on any atom is -0.493 e. The Hall–Kier alpha value is -3.75. The number of carbonyl (C=O) groups is 2. The molecule has 0 bridgehead atoms. The van der Waals surface area contributed by atoms with E-state index >= 15 is 0 Å². The van der Waals surface area contributed by atoms with Gasteiger partial charge >= 0.3 is 0 Å². The van der Waals surface area contributed by atoms with Gasteiger partial charge in [0, 0.05) is 43.4 Å². The molecule has 0 aromatic carbocycles. The van der Waals surface area contributed by atoms with Crippen LogP contribution in [-0.2, 0) is 25.5 Å². The highest BCUT2D eigenvalue weighted by molar-refractivity contribution is 5.81. The second-order valence-corrected chi connectivity index (χ2v) is 9.25. The van der Waals surface area contributed by atoms with Crippen LogP contribution in [-0.4, -0.2) is 54.2 Å². The lowest BCUT2D eigenvalue weighted by Gasteiger charge is -2.21. The largest absolute Gasteiger partial charge is 0.493 e. The van der Waals surface area contributed by atoms with Gasteiger partial charge in [0.15, 0.2) is 0 Å². The Labute approximate surface area is 211 Å². The minimum absolute atomic E-state index is 0.0240. The molecule has 0 fully saturated rings. The van der Waals surface area contributed by atoms with E-state index in [1.54, 1.807) is 12.5 Å². The highest BCUT2D eigenvalue weighted by atomic mass is 16.5. The second-order valence-electron chi connectivity index (χ2n) is 9.25. The number of nitrogens with one attached hydrogen (secondary N) is 3. The molecule has 3 heterocycles. The van der Waals surface area contributed by atoms with Crippen molar-refractivity contribution in [3.05, 3.63) is 59.8 Å². The topological polar surface area (TPSA) is 115 Å². The number of aromatic nitrogens is 2. The van der Waals surface area contributed by atoms with E-state index in [2.05, 4.69) is 26.7 Å². The molecule has 2 unspecified atom stereocenters. The van der Waals surface area contributed by atoms with Crippen LogP contribution in [0, 0.1) is 11.8 Å². The van der Waals surface area contributed by atoms with E-state index in [-0.39, 0.29) is 29.8 Å². The van der Waals surface area contributed by atoms with Crippen molar-refractivity contribution in [2.75, 3.05) is 26.3 Å². The zero-order valence-electron chi connectivity index (χ0n) is 21.0. The molecule has 9 heteroatoms. The van der Waals surface area contributed by atoms with E-state index < -0.39 is 0 Å². The maximum absolute atomic E-state index is 11.8. The molecule has 3 N–H and O–H groups in total. The van der Waals surface area contributed by atoms with E-state index in [1.807, 2.05) is 38.3 Å². The number of nitrogens with zero attached hydrogens (tertiary/aromatic N) is 1. The van der Waals surface area contributed by atoms with Gasteiger partial charge in [0.25, 0.3) is 0 Å². The molecule has 0 radical (unpaired) electrons. The predicted octanol–water partition coefficient (Wildman–Crippen LogP) is 3.15. The van der Waals surface area contributed by atoms with Gasteiger partial charge in [0.1, 0.15) is 36.5 Å². The summed E-state index contributed by atoms with van der Waals surface area (Å²) in [5.74, 6) is 1.54. The fourth-order valence-electron chi connectivity index (χ4n) is 4.20. The molecule has 192 valence electrons. The Balaban J connectivity index is 1.24. The molecule has 0 spiro atoms. The summed E-state index contributed by atoms with van der Waals surface area (Å²) in [4.78, 5) is 30.5. The number of carbonyl (C=O) groups excluding carboxylic acids is 2. The fourth-order valence-corrected chi connectivity index (χ4v) is 4.20. The van der Waals surface area contributed by atoms with Crippen LogP contribution in [0.3, 0.4) is 0 Å². The van der Waals surface area contributed by atoms with Crippen LogP contribution in [0.25, 0.3) is 11.0 Å². The van der Waals surface area contributed by atoms with Gasteiger partial charge in [-0.3, -0.25) is 9.59 Å². The SMILES string of the molecule is CC(=O)NCCc1c[nH]c2ncc(OCCOC3=CC4C(CCNC(=O)C(C)C)=COC4C=C3)cc12. The first-order valence-electron chi connectivity index (χ1n) is 12.4. The van der Waals surface area contributed by atoms with Gasteiger partial charge in [0.2, 0.25) is 11.8 Å². The van der Waals surface area contributed by atoms with Gasteiger partial charge in [0.05, 0.1) is 12.5 Å². The fraction of sp³-hybridized carbons (Fsp3) is 0.444. The molecule has 1 aliphatic heterocycles. The van der Waals surface area contributed by atoms with Crippen LogP contribution in [0.5, 0.6) is 5.75 Å². The molecular formula is C27H34N4O5. The van der Waals surface area contributed by atoms with Gasteiger partial charge in [-0.1, -0.05) is 13.8 Å². The number of rotatable bonds is 12. The number of hydrogen-bond acceptors (Lipinski definition) is 6. The summed E-state index contributed by atoms with van der Waals surface area (Å²) in [6.45, 7) is 7.19. The first kappa shape index (κ1) is 25.3. The number of allylic oxidation sites excluding steroid dienone is 1. The van der Waals surface area contributed by atoms with Crippen molar-refractivity contribution in [1.82, 2.24) is 20.6 Å². The summed E-state index contributed by atoms with van der Waals surface area (Å²) in [7, 11) is 0. The summed E-state index contributed by atoms with van der Waals surface area (Å²) in [5, 5.41) is 6.75. The van der Waals surface area contributed by atoms with Gasteiger partial charge < -0.3 is 29.8 Å². The first-order valence-corrected chi connectivity index (χ1v) is 12.4. The number of pyridine rings is 1. The predicted molar refractivity (Wildman–Crippen MR) is 136 cm³/mol. The Morgan fingerprint density at radius 1 is 1.17 bits per heavy atom. The number of amides is 2. The van der Waals surface area contributed by atoms with Gasteiger partial charge in [-0.2, -0.15) is 0 Å². The van der Waals surface area contributed by atoms with Gasteiger partial charge in [-0.25, -0.2) is 4.98 Å². The molecule has 2 amide bonds. The Morgan fingerprint density at radius 2 is 1.97 bits per heavy atom. The maximum Gasteiger partial charge on any atom is 0.222 e. The van der Waals surface area contributed by atoms with Crippen molar-refractivity contribution in [3.63, 3.8) is 0 Å². The molecule has 2 aromatic heterocycles. The first-order chi connectivity index (χ1) is 17.4. The Morgan fingerprint density at radius 3 is 2.78 bits per heavy atom. The quantitative estimate of drug-likeness (QED) is 0.391. The minimum atomic E-state index is -0.0433. The smallest absolute Gasteiger partial charge is 0.222 e. The van der Waals surface area contributed by atoms with Crippen molar-refractivity contribution in [3.8, 4) is 5.75 Å². The van der Waals surface area contributed by atoms with Crippen molar-refractivity contribution >= 4 is 22.8 Å². The lowest BCUT2D eigenvalue weighted by Crippen LogP contribution is -2.29. The number of ether oxygens (including phenoxy) is 3. The molecule has 1 aliphatic carbocycles. The molecule has 2 aromatic rings. The number of hydrogen-bond donors (Lipinski definition) is 3. The number of H-pyrrole nitrogens is 1. The molecule has 2 aliphatic rings. The van der Waals surface area contributed by atoms with Crippen LogP contribution in [0.2, 0.25) is 0 Å². The Kier molecular flexibility index (Phi) is 8.30. The van der Waals surface area contributed by atoms with Crippen LogP contribution in [0.15, 0.2) is 54.3 Å². The molecule has 2 atom stereocenters. The third-order valence-corrected chi connectivity index (χ3v) is 6.17. The van der Waals surface area contributed by atoms with Gasteiger partial charge in [-0.05, 0) is 48.3 Å². The van der Waals surface area contributed by atoms with Crippen LogP contribution in [0.4, 0.5) is 0 Å². The molecule has 0 saturated heterocycles. The van der Waals surface area contributed by atoms with Crippen LogP contribution >= 0.6 is 0 Å². The van der Waals surface area contributed by atoms with E-state index in [4.69, 9.17) is 14.2 Å². The highest BCUT2D eigenvalue weighted by Gasteiger charge is 2.30. The molecule has 36 heavy (non-hydrogen) atoms. The zero-order chi connectivity index (χ0) is 25.5. The third-order valence-electron chi connectivity index (χ3n) is 6.17. The average molecular weight is 495 g/mol. The molecule has 0 saturated carbocycles. The number of aromatic amines is 1. The van der Waals surface area contributed by atoms with Crippen LogP contribution < -0.4 is 15.4 Å². The molecule has 4 rings (SSSR count). The van der Waals surface area contributed by atoms with E-state index in [1.165, 1.54) is 6.92 Å². The van der Waals surface area contributed by atoms with E-state index in [0.29, 0.717) is 38.5 Å². The van der Waals surface area contributed by atoms with Crippen LogP contribution in [0.1, 0.15) is 32.8 Å². The van der Waals surface area contributed by atoms with Crippen molar-refractivity contribution < 1.29 is 23.8 Å².